The number of nitrogens with two attached hydrogens (primary N) is 1. The van der Waals surface area contributed by atoms with Gasteiger partial charge in [0.2, 0.25) is 0 Å². The summed E-state index contributed by atoms with van der Waals surface area (Å²) in [6, 6.07) is 5.97. The number of aromatic amines is 1. The number of aromatic nitrogens is 1. The van der Waals surface area contributed by atoms with Gasteiger partial charge >= 0.3 is 0 Å². The van der Waals surface area contributed by atoms with E-state index in [2.05, 4.69) is 11.9 Å². The molecule has 0 radical (unpaired) electrons. The molecule has 4 nitrogen and oxygen atoms in total. The minimum atomic E-state index is 0.122. The summed E-state index contributed by atoms with van der Waals surface area (Å²) in [5.41, 5.74) is 8.23. The highest BCUT2D eigenvalue weighted by Crippen LogP contribution is 2.25. The van der Waals surface area contributed by atoms with E-state index in [1.54, 1.807) is 0 Å². The van der Waals surface area contributed by atoms with Gasteiger partial charge in [-0.25, -0.2) is 0 Å². The van der Waals surface area contributed by atoms with E-state index in [0.717, 1.165) is 35.9 Å². The van der Waals surface area contributed by atoms with Crippen LogP contribution in [-0.2, 0) is 0 Å². The van der Waals surface area contributed by atoms with Crippen molar-refractivity contribution in [3.05, 3.63) is 30.0 Å². The van der Waals surface area contributed by atoms with Crippen molar-refractivity contribution in [1.82, 2.24) is 9.88 Å². The molecule has 0 bridgehead atoms. The third kappa shape index (κ3) is 2.26. The summed E-state index contributed by atoms with van der Waals surface area (Å²) in [5, 5.41) is 0.923. The largest absolute Gasteiger partial charge is 0.399 e. The summed E-state index contributed by atoms with van der Waals surface area (Å²) in [7, 11) is 0. The Balaban J connectivity index is 1.97. The van der Waals surface area contributed by atoms with Gasteiger partial charge in [0.15, 0.2) is 0 Å². The lowest BCUT2D eigenvalue weighted by Gasteiger charge is -2.27. The van der Waals surface area contributed by atoms with Gasteiger partial charge in [0, 0.05) is 35.4 Å². The number of carbonyl (C=O) groups excluding carboxylic acids is 1. The number of hydrogen-bond acceptors (Lipinski definition) is 2. The number of fused-ring (bicyclic) bond motifs is 1. The number of amides is 1. The second-order valence-electron chi connectivity index (χ2n) is 5.70. The molecule has 1 atom stereocenters. The molecule has 1 aromatic heterocycles. The number of anilines is 1. The molecule has 3 N–H and O–H groups in total. The lowest BCUT2D eigenvalue weighted by molar-refractivity contribution is 0.0700. The predicted octanol–water partition coefficient (Wildman–Crippen LogP) is 3.15. The molecule has 0 aliphatic carbocycles. The molecular weight excluding hydrogens is 250 g/mol. The predicted molar refractivity (Wildman–Crippen MR) is 81.7 cm³/mol. The number of nitrogen functional groups attached to an aromatic ring is 1. The Hall–Kier alpha value is -1.97. The highest BCUT2D eigenvalue weighted by atomic mass is 16.2. The van der Waals surface area contributed by atoms with Gasteiger partial charge < -0.3 is 15.6 Å². The summed E-state index contributed by atoms with van der Waals surface area (Å²) in [5.74, 6) is 0.122. The molecule has 4 heteroatoms. The van der Waals surface area contributed by atoms with Gasteiger partial charge in [-0.3, -0.25) is 4.79 Å². The molecule has 1 saturated heterocycles. The average Bonchev–Trinajstić information content (AvgIpc) is 2.72. The maximum atomic E-state index is 12.8. The number of rotatable bonds is 1. The van der Waals surface area contributed by atoms with Gasteiger partial charge in [-0.1, -0.05) is 12.8 Å². The summed E-state index contributed by atoms with van der Waals surface area (Å²) in [6.07, 6.45) is 6.43. The Labute approximate surface area is 118 Å². The van der Waals surface area contributed by atoms with Gasteiger partial charge in [0.05, 0.1) is 5.56 Å². The first-order valence-corrected chi connectivity index (χ1v) is 7.34. The Morgan fingerprint density at radius 3 is 3.05 bits per heavy atom. The molecule has 2 heterocycles. The standard InChI is InChI=1S/C16H21N3O/c1-11-5-3-2-4-8-19(11)16(20)14-10-18-15-7-6-12(17)9-13(14)15/h6-7,9-11,18H,2-5,8,17H2,1H3. The molecule has 2 aromatic rings. The van der Waals surface area contributed by atoms with E-state index in [-0.39, 0.29) is 5.91 Å². The van der Waals surface area contributed by atoms with Crippen LogP contribution in [0.25, 0.3) is 10.9 Å². The maximum Gasteiger partial charge on any atom is 0.256 e. The van der Waals surface area contributed by atoms with E-state index >= 15 is 0 Å². The average molecular weight is 271 g/mol. The highest BCUT2D eigenvalue weighted by Gasteiger charge is 2.24. The molecule has 20 heavy (non-hydrogen) atoms. The molecule has 3 rings (SSSR count). The van der Waals surface area contributed by atoms with E-state index in [4.69, 9.17) is 5.73 Å². The summed E-state index contributed by atoms with van der Waals surface area (Å²) < 4.78 is 0. The van der Waals surface area contributed by atoms with Crippen molar-refractivity contribution in [3.63, 3.8) is 0 Å². The molecule has 0 spiro atoms. The Bertz CT molecular complexity index is 632. The molecule has 1 amide bonds. The zero-order valence-corrected chi connectivity index (χ0v) is 11.9. The monoisotopic (exact) mass is 271 g/mol. The smallest absolute Gasteiger partial charge is 0.256 e. The second-order valence-corrected chi connectivity index (χ2v) is 5.70. The molecule has 1 aliphatic heterocycles. The van der Waals surface area contributed by atoms with E-state index in [1.807, 2.05) is 29.3 Å². The minimum absolute atomic E-state index is 0.122. The van der Waals surface area contributed by atoms with Gasteiger partial charge in [0.25, 0.3) is 5.91 Å². The van der Waals surface area contributed by atoms with Crippen LogP contribution >= 0.6 is 0 Å². The van der Waals surface area contributed by atoms with Crippen molar-refractivity contribution >= 4 is 22.5 Å². The van der Waals surface area contributed by atoms with Gasteiger partial charge in [-0.05, 0) is 38.0 Å². The minimum Gasteiger partial charge on any atom is -0.399 e. The van der Waals surface area contributed by atoms with Crippen LogP contribution in [0, 0.1) is 0 Å². The Morgan fingerprint density at radius 2 is 2.20 bits per heavy atom. The number of likely N-dealkylation sites (tertiary alicyclic amines) is 1. The quantitative estimate of drug-likeness (QED) is 0.783. The third-order valence-electron chi connectivity index (χ3n) is 4.25. The number of nitrogens with zero attached hydrogens (tertiary/aromatic N) is 1. The second kappa shape index (κ2) is 5.19. The SMILES string of the molecule is CC1CCCCCN1C(=O)c1c[nH]c2ccc(N)cc12. The zero-order valence-electron chi connectivity index (χ0n) is 11.9. The molecule has 106 valence electrons. The normalized spacial score (nSPS) is 20.1. The number of nitrogens with one attached hydrogen (secondary N) is 1. The lowest BCUT2D eigenvalue weighted by Crippen LogP contribution is -2.38. The number of hydrogen-bond donors (Lipinski definition) is 2. The van der Waals surface area contributed by atoms with Gasteiger partial charge in [-0.15, -0.1) is 0 Å². The Morgan fingerprint density at radius 1 is 1.35 bits per heavy atom. The van der Waals surface area contributed by atoms with Crippen LogP contribution in [-0.4, -0.2) is 28.4 Å². The fourth-order valence-corrected chi connectivity index (χ4v) is 3.05. The van der Waals surface area contributed by atoms with E-state index in [0.29, 0.717) is 11.7 Å². The van der Waals surface area contributed by atoms with Crippen LogP contribution in [0.3, 0.4) is 0 Å². The zero-order chi connectivity index (χ0) is 14.1. The van der Waals surface area contributed by atoms with Crippen LogP contribution in [0.15, 0.2) is 24.4 Å². The molecule has 1 unspecified atom stereocenters. The summed E-state index contributed by atoms with van der Waals surface area (Å²) in [6.45, 7) is 3.00. The van der Waals surface area contributed by atoms with Crippen LogP contribution in [0.5, 0.6) is 0 Å². The third-order valence-corrected chi connectivity index (χ3v) is 4.25. The Kier molecular flexibility index (Phi) is 3.38. The maximum absolute atomic E-state index is 12.8. The van der Waals surface area contributed by atoms with Crippen LogP contribution in [0.2, 0.25) is 0 Å². The number of benzene rings is 1. The first-order valence-electron chi connectivity index (χ1n) is 7.34. The first kappa shape index (κ1) is 13.0. The molecule has 1 fully saturated rings. The van der Waals surface area contributed by atoms with Crippen molar-refractivity contribution in [2.24, 2.45) is 0 Å². The molecule has 1 aliphatic rings. The number of carbonyl (C=O) groups is 1. The van der Waals surface area contributed by atoms with Crippen molar-refractivity contribution in [3.8, 4) is 0 Å². The van der Waals surface area contributed by atoms with Crippen LogP contribution in [0.1, 0.15) is 43.0 Å². The summed E-state index contributed by atoms with van der Waals surface area (Å²) in [4.78, 5) is 18.0. The van der Waals surface area contributed by atoms with Gasteiger partial charge in [-0.2, -0.15) is 0 Å². The summed E-state index contributed by atoms with van der Waals surface area (Å²) >= 11 is 0. The molecule has 0 saturated carbocycles. The van der Waals surface area contributed by atoms with Crippen molar-refractivity contribution in [1.29, 1.82) is 0 Å². The van der Waals surface area contributed by atoms with Crippen LogP contribution < -0.4 is 5.73 Å². The lowest BCUT2D eigenvalue weighted by atomic mass is 10.1. The van der Waals surface area contributed by atoms with Crippen molar-refractivity contribution in [2.45, 2.75) is 38.6 Å². The molecule has 1 aromatic carbocycles. The van der Waals surface area contributed by atoms with Crippen molar-refractivity contribution in [2.75, 3.05) is 12.3 Å². The van der Waals surface area contributed by atoms with Gasteiger partial charge in [0.1, 0.15) is 0 Å². The fraction of sp³-hybridized carbons (Fsp3) is 0.438. The van der Waals surface area contributed by atoms with Crippen molar-refractivity contribution < 1.29 is 4.79 Å². The molecular formula is C16H21N3O. The van der Waals surface area contributed by atoms with E-state index in [1.165, 1.54) is 12.8 Å². The fourth-order valence-electron chi connectivity index (χ4n) is 3.05. The first-order chi connectivity index (χ1) is 9.66. The highest BCUT2D eigenvalue weighted by molar-refractivity contribution is 6.07. The number of H-pyrrole nitrogens is 1. The van der Waals surface area contributed by atoms with E-state index in [9.17, 15) is 4.79 Å². The topological polar surface area (TPSA) is 62.1 Å². The van der Waals surface area contributed by atoms with Crippen LogP contribution in [0.4, 0.5) is 5.69 Å². The van der Waals surface area contributed by atoms with E-state index < -0.39 is 0 Å².